The third kappa shape index (κ3) is 8.86. The highest BCUT2D eigenvalue weighted by molar-refractivity contribution is 6.05. The highest BCUT2D eigenvalue weighted by Crippen LogP contribution is 2.30. The molecule has 4 aromatic carbocycles. The Morgan fingerprint density at radius 3 is 2.28 bits per heavy atom. The molecule has 0 aromatic heterocycles. The van der Waals surface area contributed by atoms with Gasteiger partial charge in [-0.15, -0.1) is 0 Å². The van der Waals surface area contributed by atoms with E-state index in [1.54, 1.807) is 6.07 Å². The molecule has 0 aliphatic rings. The summed E-state index contributed by atoms with van der Waals surface area (Å²) in [6.45, 7) is 0. The Bertz CT molecular complexity index is 1860. The first-order valence-corrected chi connectivity index (χ1v) is 13.2. The lowest BCUT2D eigenvalue weighted by atomic mass is 10.1. The molecule has 0 saturated carbocycles. The minimum atomic E-state index is -4.61. The van der Waals surface area contributed by atoms with Crippen molar-refractivity contribution in [2.24, 2.45) is 5.10 Å². The Kier molecular flexibility index (Phi) is 10.2. The number of non-ortho nitro benzene ring substituents is 1. The van der Waals surface area contributed by atoms with Gasteiger partial charge in [0.25, 0.3) is 17.5 Å². The zero-order valence-corrected chi connectivity index (χ0v) is 23.8. The average molecular weight is 633 g/mol. The minimum absolute atomic E-state index is 0.0846. The van der Waals surface area contributed by atoms with E-state index >= 15 is 0 Å². The van der Waals surface area contributed by atoms with Crippen molar-refractivity contribution in [3.63, 3.8) is 0 Å². The lowest BCUT2D eigenvalue weighted by Gasteiger charge is -2.10. The van der Waals surface area contributed by atoms with Gasteiger partial charge in [0, 0.05) is 35.0 Å². The Labute approximate surface area is 259 Å². The highest BCUT2D eigenvalue weighted by Gasteiger charge is 2.31. The van der Waals surface area contributed by atoms with Crippen LogP contribution in [0.5, 0.6) is 11.5 Å². The van der Waals surface area contributed by atoms with E-state index in [1.807, 2.05) is 0 Å². The van der Waals surface area contributed by atoms with Crippen LogP contribution in [0.4, 0.5) is 24.5 Å². The molecular weight excluding hydrogens is 609 g/mol. The van der Waals surface area contributed by atoms with E-state index in [0.717, 1.165) is 24.3 Å². The van der Waals surface area contributed by atoms with Crippen molar-refractivity contribution in [2.75, 3.05) is 12.4 Å². The van der Waals surface area contributed by atoms with Gasteiger partial charge in [0.1, 0.15) is 0 Å². The van der Waals surface area contributed by atoms with Crippen LogP contribution in [0.3, 0.4) is 0 Å². The van der Waals surface area contributed by atoms with Crippen molar-refractivity contribution in [1.82, 2.24) is 5.43 Å². The summed E-state index contributed by atoms with van der Waals surface area (Å²) in [4.78, 5) is 47.8. The number of alkyl halides is 3. The van der Waals surface area contributed by atoms with Crippen molar-refractivity contribution < 1.29 is 42.0 Å². The number of nitrogens with one attached hydrogen (secondary N) is 2. The number of halogens is 3. The van der Waals surface area contributed by atoms with Crippen LogP contribution in [0.1, 0.15) is 37.4 Å². The fourth-order valence-corrected chi connectivity index (χ4v) is 3.91. The van der Waals surface area contributed by atoms with Crippen LogP contribution in [0.2, 0.25) is 0 Å². The molecular formula is C32H23F3N4O7. The number of hydrogen-bond donors (Lipinski definition) is 2. The molecule has 234 valence electrons. The number of methoxy groups -OCH3 is 1. The summed E-state index contributed by atoms with van der Waals surface area (Å²) in [5.41, 5.74) is 2.21. The maximum Gasteiger partial charge on any atom is 0.416 e. The summed E-state index contributed by atoms with van der Waals surface area (Å²) in [5, 5.41) is 17.3. The van der Waals surface area contributed by atoms with Crippen molar-refractivity contribution in [3.05, 3.63) is 135 Å². The monoisotopic (exact) mass is 632 g/mol. The third-order valence-electron chi connectivity index (χ3n) is 6.11. The van der Waals surface area contributed by atoms with E-state index < -0.39 is 34.4 Å². The summed E-state index contributed by atoms with van der Waals surface area (Å²) in [5.74, 6) is -1.92. The molecule has 2 amide bonds. The zero-order chi connectivity index (χ0) is 33.3. The topological polar surface area (TPSA) is 149 Å². The molecule has 4 rings (SSSR count). The van der Waals surface area contributed by atoms with Crippen LogP contribution >= 0.6 is 0 Å². The van der Waals surface area contributed by atoms with E-state index in [0.29, 0.717) is 11.1 Å². The van der Waals surface area contributed by atoms with Gasteiger partial charge >= 0.3 is 12.1 Å². The SMILES string of the molecule is COc1cc(C=NNC(=O)c2cccc(NC(=O)c3cccc(C(F)(F)F)c3)c2)ccc1OC(=O)/C=C/c1cccc([N+](=O)[O-])c1. The molecule has 14 heteroatoms. The van der Waals surface area contributed by atoms with Crippen molar-refractivity contribution in [3.8, 4) is 11.5 Å². The molecule has 0 radical (unpaired) electrons. The lowest BCUT2D eigenvalue weighted by molar-refractivity contribution is -0.384. The number of carbonyl (C=O) groups is 3. The van der Waals surface area contributed by atoms with E-state index in [9.17, 15) is 37.7 Å². The number of benzene rings is 4. The second-order valence-corrected chi connectivity index (χ2v) is 9.33. The third-order valence-corrected chi connectivity index (χ3v) is 6.11. The number of ether oxygens (including phenoxy) is 2. The summed E-state index contributed by atoms with van der Waals surface area (Å²) in [6, 6.07) is 19.8. The van der Waals surface area contributed by atoms with Crippen molar-refractivity contribution >= 4 is 41.4 Å². The average Bonchev–Trinajstić information content (AvgIpc) is 3.04. The van der Waals surface area contributed by atoms with Gasteiger partial charge in [0.05, 0.1) is 23.8 Å². The number of anilines is 1. The fraction of sp³-hybridized carbons (Fsp3) is 0.0625. The molecule has 0 aliphatic heterocycles. The number of amides is 2. The van der Waals surface area contributed by atoms with Crippen LogP contribution < -0.4 is 20.2 Å². The maximum absolute atomic E-state index is 13.0. The van der Waals surface area contributed by atoms with E-state index in [1.165, 1.54) is 86.1 Å². The minimum Gasteiger partial charge on any atom is -0.493 e. The van der Waals surface area contributed by atoms with Crippen LogP contribution in [0.25, 0.3) is 6.08 Å². The first-order chi connectivity index (χ1) is 21.9. The van der Waals surface area contributed by atoms with Crippen LogP contribution in [-0.4, -0.2) is 36.0 Å². The Morgan fingerprint density at radius 1 is 0.848 bits per heavy atom. The Morgan fingerprint density at radius 2 is 1.57 bits per heavy atom. The number of hydrazone groups is 1. The predicted molar refractivity (Wildman–Crippen MR) is 162 cm³/mol. The van der Waals surface area contributed by atoms with Crippen LogP contribution in [0, 0.1) is 10.1 Å². The van der Waals surface area contributed by atoms with Gasteiger partial charge in [-0.3, -0.25) is 19.7 Å². The van der Waals surface area contributed by atoms with Gasteiger partial charge in [0.15, 0.2) is 11.5 Å². The quantitative estimate of drug-likeness (QED) is 0.0524. The van der Waals surface area contributed by atoms with E-state index in [4.69, 9.17) is 9.47 Å². The van der Waals surface area contributed by atoms with Crippen LogP contribution in [0.15, 0.2) is 102 Å². The van der Waals surface area contributed by atoms with Gasteiger partial charge in [-0.1, -0.05) is 24.3 Å². The van der Waals surface area contributed by atoms with Gasteiger partial charge < -0.3 is 14.8 Å². The van der Waals surface area contributed by atoms with Gasteiger partial charge in [-0.25, -0.2) is 10.2 Å². The summed E-state index contributed by atoms with van der Waals surface area (Å²) < 4.78 is 49.5. The molecule has 0 atom stereocenters. The molecule has 46 heavy (non-hydrogen) atoms. The Balaban J connectivity index is 1.35. The second-order valence-electron chi connectivity index (χ2n) is 9.33. The first-order valence-electron chi connectivity index (χ1n) is 13.2. The van der Waals surface area contributed by atoms with Crippen molar-refractivity contribution in [2.45, 2.75) is 6.18 Å². The molecule has 0 bridgehead atoms. The van der Waals surface area contributed by atoms with Gasteiger partial charge in [-0.2, -0.15) is 18.3 Å². The van der Waals surface area contributed by atoms with Crippen LogP contribution in [-0.2, 0) is 11.0 Å². The predicted octanol–water partition coefficient (Wildman–Crippen LogP) is 6.26. The second kappa shape index (κ2) is 14.4. The zero-order valence-electron chi connectivity index (χ0n) is 23.8. The molecule has 0 spiro atoms. The lowest BCUT2D eigenvalue weighted by Crippen LogP contribution is -2.18. The molecule has 2 N–H and O–H groups in total. The molecule has 0 saturated heterocycles. The normalized spacial score (nSPS) is 11.3. The highest BCUT2D eigenvalue weighted by atomic mass is 19.4. The number of esters is 1. The molecule has 0 fully saturated rings. The smallest absolute Gasteiger partial charge is 0.416 e. The molecule has 11 nitrogen and oxygen atoms in total. The number of carbonyl (C=O) groups excluding carboxylic acids is 3. The molecule has 0 heterocycles. The summed E-state index contributed by atoms with van der Waals surface area (Å²) in [7, 11) is 1.35. The van der Waals surface area contributed by atoms with Gasteiger partial charge in [-0.05, 0) is 71.8 Å². The number of hydrogen-bond acceptors (Lipinski definition) is 8. The number of nitro groups is 1. The van der Waals surface area contributed by atoms with Crippen molar-refractivity contribution in [1.29, 1.82) is 0 Å². The van der Waals surface area contributed by atoms with E-state index in [2.05, 4.69) is 15.8 Å². The molecule has 0 aliphatic carbocycles. The summed E-state index contributed by atoms with van der Waals surface area (Å²) in [6.07, 6.45) is -0.834. The number of rotatable bonds is 10. The molecule has 4 aromatic rings. The molecule has 0 unspecified atom stereocenters. The fourth-order valence-electron chi connectivity index (χ4n) is 3.91. The van der Waals surface area contributed by atoms with E-state index in [-0.39, 0.29) is 34.0 Å². The largest absolute Gasteiger partial charge is 0.493 e. The number of nitro benzene ring substituents is 1. The standard InChI is InChI=1S/C32H23F3N4O7/c1-45-28-16-21(11-13-27(28)46-29(40)14-12-20-5-2-10-26(15-20)39(43)44)19-36-38-31(42)23-7-4-9-25(18-23)37-30(41)22-6-3-8-24(17-22)32(33,34)35/h2-19H,1H3,(H,37,41)(H,38,42)/b14-12+,36-19?. The number of nitrogens with zero attached hydrogens (tertiary/aromatic N) is 2. The summed E-state index contributed by atoms with van der Waals surface area (Å²) >= 11 is 0. The maximum atomic E-state index is 13.0. The first kappa shape index (κ1) is 32.6. The van der Waals surface area contributed by atoms with Gasteiger partial charge in [0.2, 0.25) is 0 Å². The Hall–Kier alpha value is -6.31.